The van der Waals surface area contributed by atoms with E-state index in [4.69, 9.17) is 4.74 Å². The second-order valence-corrected chi connectivity index (χ2v) is 18.2. The van der Waals surface area contributed by atoms with Crippen LogP contribution < -0.4 is 15.0 Å². The van der Waals surface area contributed by atoms with Crippen LogP contribution in [-0.4, -0.2) is 85.5 Å². The molecule has 0 unspecified atom stereocenters. The number of aryl methyl sites for hydroxylation is 1. The second kappa shape index (κ2) is 22.1. The van der Waals surface area contributed by atoms with Gasteiger partial charge in [0.25, 0.3) is 16.0 Å². The van der Waals surface area contributed by atoms with Crippen LogP contribution in [0.5, 0.6) is 11.5 Å². The number of phenols is 1. The van der Waals surface area contributed by atoms with Gasteiger partial charge >= 0.3 is 29.6 Å². The van der Waals surface area contributed by atoms with Crippen molar-refractivity contribution in [1.82, 2.24) is 5.32 Å². The molecule has 5 rings (SSSR count). The Bertz CT molecular complexity index is 2510. The third-order valence-electron chi connectivity index (χ3n) is 11.5. The van der Waals surface area contributed by atoms with Crippen molar-refractivity contribution in [2.45, 2.75) is 91.9 Å². The van der Waals surface area contributed by atoms with E-state index >= 15 is 0 Å². The predicted molar refractivity (Wildman–Crippen MR) is 253 cm³/mol. The molecule has 0 aliphatic carbocycles. The average Bonchev–Trinajstić information content (AvgIpc) is 3.24. The summed E-state index contributed by atoms with van der Waals surface area (Å²) in [6.07, 6.45) is 3.46. The molecule has 12 nitrogen and oxygen atoms in total. The molecular weight excluding hydrogens is 812 g/mol. The Hall–Kier alpha value is -4.66. The summed E-state index contributed by atoms with van der Waals surface area (Å²) in [5, 5.41) is 33.1. The van der Waals surface area contributed by atoms with Crippen LogP contribution in [0.15, 0.2) is 111 Å². The first kappa shape index (κ1) is 50.0. The van der Waals surface area contributed by atoms with Crippen molar-refractivity contribution >= 4 is 84.8 Å². The molecule has 62 heavy (non-hydrogen) atoms. The number of unbranched alkanes of at least 4 members (excludes halogenated alkanes) is 1. The fourth-order valence-corrected chi connectivity index (χ4v) is 7.24. The normalized spacial score (nSPS) is 12.2. The zero-order chi connectivity index (χ0) is 44.4. The van der Waals surface area contributed by atoms with Crippen molar-refractivity contribution < 1.29 is 27.6 Å². The number of phenolic OH excluding ortho intramolecular Hbond substituents is 1. The van der Waals surface area contributed by atoms with Gasteiger partial charge in [0.2, 0.25) is 0 Å². The summed E-state index contributed by atoms with van der Waals surface area (Å²) >= 11 is 0. The molecule has 14 heteroatoms. The Kier molecular flexibility index (Phi) is 17.8. The summed E-state index contributed by atoms with van der Waals surface area (Å²) in [6, 6.07) is 28.0. The first-order valence-corrected chi connectivity index (χ1v) is 22.6. The van der Waals surface area contributed by atoms with E-state index in [0.717, 1.165) is 36.3 Å². The predicted octanol–water partition coefficient (Wildman–Crippen LogP) is 11.7. The Balaban J connectivity index is 0.00000845. The van der Waals surface area contributed by atoms with Gasteiger partial charge in [0.15, 0.2) is 0 Å². The molecule has 0 saturated heterocycles. The molecule has 0 saturated carbocycles. The summed E-state index contributed by atoms with van der Waals surface area (Å²) in [4.78, 5) is 15.3. The van der Waals surface area contributed by atoms with E-state index in [9.17, 15) is 22.9 Å². The average molecular weight is 873 g/mol. The van der Waals surface area contributed by atoms with Crippen LogP contribution in [0.4, 0.5) is 28.4 Å². The third kappa shape index (κ3) is 13.2. The van der Waals surface area contributed by atoms with E-state index in [0.29, 0.717) is 59.6 Å². The molecule has 5 aromatic carbocycles. The summed E-state index contributed by atoms with van der Waals surface area (Å²) in [5.74, 6) is 0.0108. The van der Waals surface area contributed by atoms with Gasteiger partial charge in [-0.2, -0.15) is 23.8 Å². The van der Waals surface area contributed by atoms with Gasteiger partial charge in [0, 0.05) is 41.7 Å². The number of carbonyl (C=O) groups is 1. The molecule has 0 aliphatic heterocycles. The number of carbonyl (C=O) groups excluding carboxylic acids is 1. The van der Waals surface area contributed by atoms with Gasteiger partial charge in [-0.25, -0.2) is 0 Å². The number of aromatic hydroxyl groups is 1. The fourth-order valence-electron chi connectivity index (χ4n) is 6.79. The van der Waals surface area contributed by atoms with Crippen LogP contribution in [0.2, 0.25) is 0 Å². The number of amides is 1. The van der Waals surface area contributed by atoms with Crippen LogP contribution in [0.1, 0.15) is 101 Å². The molecule has 5 aromatic rings. The maximum absolute atomic E-state index is 13.5. The number of hydrogen-bond donors (Lipinski definition) is 3. The summed E-state index contributed by atoms with van der Waals surface area (Å²) < 4.78 is 38.0. The fraction of sp³-hybridized carbons (Fsp3) is 0.396. The first-order valence-electron chi connectivity index (χ1n) is 21.0. The molecule has 0 fully saturated rings. The van der Waals surface area contributed by atoms with Gasteiger partial charge < -0.3 is 20.1 Å². The molecule has 0 heterocycles. The number of ether oxygens (including phenoxy) is 1. The van der Waals surface area contributed by atoms with Crippen LogP contribution in [-0.2, 0) is 20.9 Å². The van der Waals surface area contributed by atoms with Gasteiger partial charge in [-0.1, -0.05) is 84.0 Å². The van der Waals surface area contributed by atoms with Crippen molar-refractivity contribution in [1.29, 1.82) is 0 Å². The van der Waals surface area contributed by atoms with Crippen molar-refractivity contribution in [3.05, 3.63) is 113 Å². The summed E-state index contributed by atoms with van der Waals surface area (Å²) in [7, 11) is -4.08. The molecule has 1 amide bonds. The molecule has 0 radical (unpaired) electrons. The van der Waals surface area contributed by atoms with Gasteiger partial charge in [-0.3, -0.25) is 9.35 Å². The minimum absolute atomic E-state index is 0. The molecule has 0 atom stereocenters. The number of anilines is 1. The zero-order valence-corrected chi connectivity index (χ0v) is 37.5. The summed E-state index contributed by atoms with van der Waals surface area (Å²) in [5.41, 5.74) is 6.45. The van der Waals surface area contributed by atoms with E-state index < -0.39 is 16.0 Å². The van der Waals surface area contributed by atoms with Gasteiger partial charge in [0.1, 0.15) is 11.5 Å². The standard InChI is InChI=1S/C48H60N6O6S.Na.H/c1-9-47(5,6)34-21-24-44(41(30-34)48(7,8)10-2)60-27-15-14-25-49-46(56)40-32-43(38-19-12-13-20-39(38)45(40)55)53-51-36-18-16-17-35(31-36)50-52-42-23-22-37(29-33(42)4)54(11-3)26-28-61(57,58)59;;/h12-13,16-24,29-32,55H,9-11,14-15,25-28H2,1-8H3,(H,49,56)(H,57,58,59);;. The minimum atomic E-state index is -4.08. The monoisotopic (exact) mass is 872 g/mol. The van der Waals surface area contributed by atoms with E-state index in [1.54, 1.807) is 42.5 Å². The first-order chi connectivity index (χ1) is 29.0. The molecular formula is C48H61N6NaO6S. The van der Waals surface area contributed by atoms with E-state index in [1.807, 2.05) is 49.1 Å². The van der Waals surface area contributed by atoms with E-state index in [-0.39, 0.29) is 64.0 Å². The molecule has 0 bridgehead atoms. The topological polar surface area (TPSA) is 166 Å². The SMILES string of the molecule is CCN(CCS(=O)(=O)O)c1ccc(N=Nc2cccc(N=Nc3cc(C(=O)NCCCCOc4ccc(C(C)(C)CC)cc4C(C)(C)CC)c(O)c4ccccc34)c2)c(C)c1.[NaH]. The van der Waals surface area contributed by atoms with Crippen molar-refractivity contribution in [3.8, 4) is 11.5 Å². The number of benzene rings is 5. The van der Waals surface area contributed by atoms with Crippen LogP contribution in [0, 0.1) is 6.92 Å². The molecule has 0 spiro atoms. The van der Waals surface area contributed by atoms with Crippen molar-refractivity contribution in [2.24, 2.45) is 20.5 Å². The molecule has 0 aliphatic rings. The number of nitrogens with one attached hydrogen (secondary N) is 1. The Morgan fingerprint density at radius 1 is 0.774 bits per heavy atom. The van der Waals surface area contributed by atoms with Crippen LogP contribution in [0.25, 0.3) is 10.8 Å². The second-order valence-electron chi connectivity index (χ2n) is 16.6. The molecule has 326 valence electrons. The van der Waals surface area contributed by atoms with E-state index in [2.05, 4.69) is 85.5 Å². The maximum atomic E-state index is 13.5. The van der Waals surface area contributed by atoms with Crippen LogP contribution in [0.3, 0.4) is 0 Å². The van der Waals surface area contributed by atoms with Crippen molar-refractivity contribution in [2.75, 3.05) is 36.9 Å². The molecule has 0 aromatic heterocycles. The Labute approximate surface area is 389 Å². The van der Waals surface area contributed by atoms with Gasteiger partial charge in [0.05, 0.1) is 40.7 Å². The quantitative estimate of drug-likeness (QED) is 0.0303. The van der Waals surface area contributed by atoms with Crippen LogP contribution >= 0.6 is 0 Å². The Morgan fingerprint density at radius 2 is 1.44 bits per heavy atom. The number of azo groups is 2. The van der Waals surface area contributed by atoms with Gasteiger partial charge in [-0.15, -0.1) is 5.11 Å². The number of rotatable bonds is 20. The van der Waals surface area contributed by atoms with E-state index in [1.165, 1.54) is 11.1 Å². The Morgan fingerprint density at radius 3 is 2.06 bits per heavy atom. The zero-order valence-electron chi connectivity index (χ0n) is 36.7. The van der Waals surface area contributed by atoms with Crippen molar-refractivity contribution in [3.63, 3.8) is 0 Å². The molecule has 3 N–H and O–H groups in total. The summed E-state index contributed by atoms with van der Waals surface area (Å²) in [6.45, 7) is 18.9. The number of fused-ring (bicyclic) bond motifs is 1. The number of hydrogen-bond acceptors (Lipinski definition) is 10. The number of nitrogens with zero attached hydrogens (tertiary/aromatic N) is 5. The van der Waals surface area contributed by atoms with Gasteiger partial charge in [-0.05, 0) is 110 Å². The third-order valence-corrected chi connectivity index (χ3v) is 12.2.